The molecular weight excluding hydrogens is 306 g/mol. The summed E-state index contributed by atoms with van der Waals surface area (Å²) in [6, 6.07) is 6.37. The molecule has 0 saturated heterocycles. The number of rotatable bonds is 4. The third-order valence-corrected chi connectivity index (χ3v) is 5.14. The normalized spacial score (nSPS) is 17.9. The molecule has 4 heteroatoms. The number of carbonyl (C=O) groups is 1. The average molecular weight is 326 g/mol. The molecular formula is C15H20BrNO2. The zero-order chi connectivity index (χ0) is 13.7. The molecule has 1 amide bonds. The van der Waals surface area contributed by atoms with Crippen molar-refractivity contribution in [3.63, 3.8) is 0 Å². The predicted octanol–water partition coefficient (Wildman–Crippen LogP) is 3.47. The summed E-state index contributed by atoms with van der Waals surface area (Å²) >= 11 is 3.60. The number of alkyl halides is 1. The first-order chi connectivity index (χ1) is 9.15. The van der Waals surface area contributed by atoms with Crippen molar-refractivity contribution < 1.29 is 9.90 Å². The van der Waals surface area contributed by atoms with Crippen molar-refractivity contribution in [2.24, 2.45) is 5.41 Å². The summed E-state index contributed by atoms with van der Waals surface area (Å²) in [6.07, 6.45) is 6.16. The Bertz CT molecular complexity index is 424. The zero-order valence-corrected chi connectivity index (χ0v) is 12.6. The highest BCUT2D eigenvalue weighted by Gasteiger charge is 2.31. The van der Waals surface area contributed by atoms with E-state index in [-0.39, 0.29) is 17.1 Å². The van der Waals surface area contributed by atoms with Gasteiger partial charge in [-0.05, 0) is 42.5 Å². The van der Waals surface area contributed by atoms with E-state index in [4.69, 9.17) is 0 Å². The molecule has 2 N–H and O–H groups in total. The fourth-order valence-electron chi connectivity index (χ4n) is 2.64. The van der Waals surface area contributed by atoms with E-state index < -0.39 is 0 Å². The number of carbonyl (C=O) groups excluding carboxylic acids is 1. The second kappa shape index (κ2) is 6.42. The van der Waals surface area contributed by atoms with E-state index in [1.165, 1.54) is 44.2 Å². The molecule has 1 aliphatic rings. The molecule has 0 unspecified atom stereocenters. The van der Waals surface area contributed by atoms with E-state index in [1.54, 1.807) is 12.1 Å². The van der Waals surface area contributed by atoms with Gasteiger partial charge in [-0.25, -0.2) is 0 Å². The standard InChI is InChI=1S/C15H20BrNO2/c16-10-15(8-2-1-3-9-15)11-17-14(19)12-4-6-13(18)7-5-12/h4-7,18H,1-3,8-11H2,(H,17,19). The lowest BCUT2D eigenvalue weighted by atomic mass is 9.75. The Balaban J connectivity index is 1.93. The van der Waals surface area contributed by atoms with Crippen molar-refractivity contribution in [1.29, 1.82) is 0 Å². The summed E-state index contributed by atoms with van der Waals surface area (Å²) in [4.78, 5) is 12.0. The molecule has 0 atom stereocenters. The number of amides is 1. The highest BCUT2D eigenvalue weighted by Crippen LogP contribution is 2.37. The fraction of sp³-hybridized carbons (Fsp3) is 0.533. The summed E-state index contributed by atoms with van der Waals surface area (Å²) in [5, 5.41) is 13.2. The van der Waals surface area contributed by atoms with Gasteiger partial charge in [0.2, 0.25) is 0 Å². The number of hydrogen-bond acceptors (Lipinski definition) is 2. The molecule has 1 saturated carbocycles. The van der Waals surface area contributed by atoms with Crippen molar-refractivity contribution in [2.45, 2.75) is 32.1 Å². The molecule has 3 nitrogen and oxygen atoms in total. The topological polar surface area (TPSA) is 49.3 Å². The number of nitrogens with one attached hydrogen (secondary N) is 1. The predicted molar refractivity (Wildman–Crippen MR) is 79.8 cm³/mol. The first-order valence-corrected chi connectivity index (χ1v) is 7.91. The number of phenols is 1. The van der Waals surface area contributed by atoms with Crippen LogP contribution in [-0.4, -0.2) is 22.9 Å². The van der Waals surface area contributed by atoms with Crippen molar-refractivity contribution in [3.05, 3.63) is 29.8 Å². The van der Waals surface area contributed by atoms with Gasteiger partial charge in [-0.1, -0.05) is 35.2 Å². The highest BCUT2D eigenvalue weighted by atomic mass is 79.9. The van der Waals surface area contributed by atoms with Crippen LogP contribution in [0.4, 0.5) is 0 Å². The summed E-state index contributed by atoms with van der Waals surface area (Å²) in [6.45, 7) is 0.720. The summed E-state index contributed by atoms with van der Waals surface area (Å²) in [5.74, 6) is 0.117. The number of hydrogen-bond donors (Lipinski definition) is 2. The van der Waals surface area contributed by atoms with Crippen LogP contribution in [0.15, 0.2) is 24.3 Å². The molecule has 104 valence electrons. The van der Waals surface area contributed by atoms with Crippen LogP contribution in [-0.2, 0) is 0 Å². The van der Waals surface area contributed by atoms with Crippen LogP contribution < -0.4 is 5.32 Å². The molecule has 19 heavy (non-hydrogen) atoms. The largest absolute Gasteiger partial charge is 0.508 e. The molecule has 0 radical (unpaired) electrons. The Morgan fingerprint density at radius 1 is 1.21 bits per heavy atom. The summed E-state index contributed by atoms with van der Waals surface area (Å²) < 4.78 is 0. The van der Waals surface area contributed by atoms with Crippen LogP contribution in [0.25, 0.3) is 0 Å². The minimum absolute atomic E-state index is 0.0640. The fourth-order valence-corrected chi connectivity index (χ4v) is 3.40. The first-order valence-electron chi connectivity index (χ1n) is 6.78. The second-order valence-electron chi connectivity index (χ2n) is 5.42. The van der Waals surface area contributed by atoms with Gasteiger partial charge in [0, 0.05) is 17.4 Å². The Morgan fingerprint density at radius 3 is 2.42 bits per heavy atom. The molecule has 2 rings (SSSR count). The van der Waals surface area contributed by atoms with Crippen LogP contribution in [0.3, 0.4) is 0 Å². The molecule has 1 aliphatic carbocycles. The molecule has 1 aromatic rings. The molecule has 1 aromatic carbocycles. The van der Waals surface area contributed by atoms with Crippen molar-refractivity contribution in [3.8, 4) is 5.75 Å². The van der Waals surface area contributed by atoms with Gasteiger partial charge in [0.05, 0.1) is 0 Å². The quantitative estimate of drug-likeness (QED) is 0.833. The minimum Gasteiger partial charge on any atom is -0.508 e. The van der Waals surface area contributed by atoms with Gasteiger partial charge < -0.3 is 10.4 Å². The van der Waals surface area contributed by atoms with E-state index in [2.05, 4.69) is 21.2 Å². The third kappa shape index (κ3) is 3.72. The Morgan fingerprint density at radius 2 is 1.84 bits per heavy atom. The maximum absolute atomic E-state index is 12.0. The van der Waals surface area contributed by atoms with Crippen LogP contribution in [0, 0.1) is 5.41 Å². The van der Waals surface area contributed by atoms with E-state index in [9.17, 15) is 9.90 Å². The van der Waals surface area contributed by atoms with Gasteiger partial charge in [0.15, 0.2) is 0 Å². The van der Waals surface area contributed by atoms with Gasteiger partial charge in [-0.3, -0.25) is 4.79 Å². The van der Waals surface area contributed by atoms with Crippen molar-refractivity contribution >= 4 is 21.8 Å². The minimum atomic E-state index is -0.0640. The highest BCUT2D eigenvalue weighted by molar-refractivity contribution is 9.09. The van der Waals surface area contributed by atoms with Crippen LogP contribution >= 0.6 is 15.9 Å². The molecule has 0 spiro atoms. The summed E-state index contributed by atoms with van der Waals surface area (Å²) in [5.41, 5.74) is 0.809. The maximum atomic E-state index is 12.0. The van der Waals surface area contributed by atoms with Gasteiger partial charge in [-0.15, -0.1) is 0 Å². The number of halogens is 1. The monoisotopic (exact) mass is 325 g/mol. The zero-order valence-electron chi connectivity index (χ0n) is 11.0. The van der Waals surface area contributed by atoms with Gasteiger partial charge >= 0.3 is 0 Å². The molecule has 0 aliphatic heterocycles. The van der Waals surface area contributed by atoms with E-state index >= 15 is 0 Å². The molecule has 1 fully saturated rings. The third-order valence-electron chi connectivity index (χ3n) is 3.95. The van der Waals surface area contributed by atoms with Gasteiger partial charge in [0.1, 0.15) is 5.75 Å². The average Bonchev–Trinajstić information content (AvgIpc) is 2.46. The van der Waals surface area contributed by atoms with Gasteiger partial charge in [-0.2, -0.15) is 0 Å². The van der Waals surface area contributed by atoms with Crippen LogP contribution in [0.2, 0.25) is 0 Å². The van der Waals surface area contributed by atoms with Crippen LogP contribution in [0.1, 0.15) is 42.5 Å². The van der Waals surface area contributed by atoms with Crippen molar-refractivity contribution in [2.75, 3.05) is 11.9 Å². The first kappa shape index (κ1) is 14.4. The van der Waals surface area contributed by atoms with E-state index in [0.717, 1.165) is 11.9 Å². The van der Waals surface area contributed by atoms with Gasteiger partial charge in [0.25, 0.3) is 5.91 Å². The smallest absolute Gasteiger partial charge is 0.251 e. The van der Waals surface area contributed by atoms with E-state index in [0.29, 0.717) is 5.56 Å². The summed E-state index contributed by atoms with van der Waals surface area (Å²) in [7, 11) is 0. The van der Waals surface area contributed by atoms with Crippen molar-refractivity contribution in [1.82, 2.24) is 5.32 Å². The lowest BCUT2D eigenvalue weighted by molar-refractivity contribution is 0.0922. The number of aromatic hydroxyl groups is 1. The van der Waals surface area contributed by atoms with E-state index in [1.807, 2.05) is 0 Å². The molecule has 0 aromatic heterocycles. The number of benzene rings is 1. The number of phenolic OH excluding ortho intramolecular Hbond substituents is 1. The maximum Gasteiger partial charge on any atom is 0.251 e. The Labute approximate surface area is 122 Å². The van der Waals surface area contributed by atoms with Crippen LogP contribution in [0.5, 0.6) is 5.75 Å². The molecule has 0 heterocycles. The lowest BCUT2D eigenvalue weighted by Crippen LogP contribution is -2.40. The second-order valence-corrected chi connectivity index (χ2v) is 5.98. The molecule has 0 bridgehead atoms. The Hall–Kier alpha value is -1.03. The lowest BCUT2D eigenvalue weighted by Gasteiger charge is -2.35. The SMILES string of the molecule is O=C(NCC1(CBr)CCCCC1)c1ccc(O)cc1. The Kier molecular flexibility index (Phi) is 4.86.